The van der Waals surface area contributed by atoms with Gasteiger partial charge in [-0.25, -0.2) is 0 Å². The highest BCUT2D eigenvalue weighted by Gasteiger charge is 2.27. The summed E-state index contributed by atoms with van der Waals surface area (Å²) in [6, 6.07) is 5.75. The molecule has 1 aliphatic heterocycles. The molecule has 0 aromatic heterocycles. The first-order valence-electron chi connectivity index (χ1n) is 8.27. The van der Waals surface area contributed by atoms with Crippen LogP contribution < -0.4 is 4.74 Å². The van der Waals surface area contributed by atoms with Crippen LogP contribution in [0.3, 0.4) is 0 Å². The van der Waals surface area contributed by atoms with Gasteiger partial charge in [0.2, 0.25) is 0 Å². The van der Waals surface area contributed by atoms with Gasteiger partial charge in [0, 0.05) is 11.1 Å². The molecule has 3 nitrogen and oxygen atoms in total. The average Bonchev–Trinajstić information content (AvgIpc) is 2.44. The van der Waals surface area contributed by atoms with Crippen molar-refractivity contribution in [3.63, 3.8) is 0 Å². The quantitative estimate of drug-likeness (QED) is 0.785. The van der Waals surface area contributed by atoms with E-state index in [4.69, 9.17) is 4.74 Å². The third kappa shape index (κ3) is 4.33. The molecule has 0 bridgehead atoms. The van der Waals surface area contributed by atoms with Crippen LogP contribution in [0.4, 0.5) is 0 Å². The van der Waals surface area contributed by atoms with Gasteiger partial charge in [0.15, 0.2) is 5.78 Å². The van der Waals surface area contributed by atoms with Crippen molar-refractivity contribution in [3.05, 3.63) is 29.3 Å². The van der Waals surface area contributed by atoms with E-state index in [2.05, 4.69) is 25.7 Å². The van der Waals surface area contributed by atoms with Crippen LogP contribution in [0.2, 0.25) is 0 Å². The van der Waals surface area contributed by atoms with Crippen molar-refractivity contribution in [2.24, 2.45) is 5.92 Å². The lowest BCUT2D eigenvalue weighted by Gasteiger charge is -2.40. The summed E-state index contributed by atoms with van der Waals surface area (Å²) in [5, 5.41) is 0. The largest absolute Gasteiger partial charge is 0.493 e. The second kappa shape index (κ2) is 6.82. The molecular weight excluding hydrogens is 274 g/mol. The van der Waals surface area contributed by atoms with Gasteiger partial charge in [0.1, 0.15) is 5.75 Å². The first-order valence-corrected chi connectivity index (χ1v) is 8.27. The summed E-state index contributed by atoms with van der Waals surface area (Å²) in [7, 11) is 0. The number of ketones is 1. The molecule has 0 spiro atoms. The van der Waals surface area contributed by atoms with E-state index in [1.54, 1.807) is 6.92 Å². The summed E-state index contributed by atoms with van der Waals surface area (Å²) in [4.78, 5) is 14.0. The Bertz CT molecular complexity index is 523. The van der Waals surface area contributed by atoms with Gasteiger partial charge in [-0.3, -0.25) is 9.69 Å². The van der Waals surface area contributed by atoms with Gasteiger partial charge in [-0.1, -0.05) is 0 Å². The van der Waals surface area contributed by atoms with Crippen molar-refractivity contribution in [3.8, 4) is 5.75 Å². The minimum Gasteiger partial charge on any atom is -0.493 e. The van der Waals surface area contributed by atoms with Crippen LogP contribution in [0.25, 0.3) is 0 Å². The molecule has 1 fully saturated rings. The number of hydrogen-bond acceptors (Lipinski definition) is 3. The number of likely N-dealkylation sites (tertiary alicyclic amines) is 1. The van der Waals surface area contributed by atoms with Crippen molar-refractivity contribution in [1.29, 1.82) is 0 Å². The van der Waals surface area contributed by atoms with Crippen molar-refractivity contribution < 1.29 is 9.53 Å². The molecule has 0 atom stereocenters. The van der Waals surface area contributed by atoms with Crippen molar-refractivity contribution in [1.82, 2.24) is 4.90 Å². The van der Waals surface area contributed by atoms with Gasteiger partial charge in [-0.2, -0.15) is 0 Å². The third-order valence-corrected chi connectivity index (χ3v) is 4.63. The number of nitrogens with zero attached hydrogens (tertiary/aromatic N) is 1. The first-order chi connectivity index (χ1) is 10.3. The van der Waals surface area contributed by atoms with Crippen LogP contribution >= 0.6 is 0 Å². The Hall–Kier alpha value is -1.35. The molecule has 1 aliphatic rings. The van der Waals surface area contributed by atoms with Crippen LogP contribution in [0, 0.1) is 12.8 Å². The molecule has 22 heavy (non-hydrogen) atoms. The van der Waals surface area contributed by atoms with Crippen molar-refractivity contribution in [2.75, 3.05) is 19.7 Å². The average molecular weight is 303 g/mol. The molecule has 1 aromatic rings. The lowest BCUT2D eigenvalue weighted by molar-refractivity contribution is 0.0720. The number of benzene rings is 1. The summed E-state index contributed by atoms with van der Waals surface area (Å²) in [5.74, 6) is 1.62. The molecular formula is C19H29NO2. The molecule has 0 unspecified atom stereocenters. The van der Waals surface area contributed by atoms with Gasteiger partial charge in [-0.15, -0.1) is 0 Å². The van der Waals surface area contributed by atoms with Crippen molar-refractivity contribution in [2.45, 2.75) is 53.0 Å². The number of rotatable bonds is 4. The maximum atomic E-state index is 11.4. The van der Waals surface area contributed by atoms with Crippen molar-refractivity contribution >= 4 is 5.78 Å². The zero-order valence-corrected chi connectivity index (χ0v) is 14.6. The minimum absolute atomic E-state index is 0.110. The van der Waals surface area contributed by atoms with Crippen LogP contribution in [-0.4, -0.2) is 35.9 Å². The summed E-state index contributed by atoms with van der Waals surface area (Å²) < 4.78 is 5.95. The summed E-state index contributed by atoms with van der Waals surface area (Å²) >= 11 is 0. The lowest BCUT2D eigenvalue weighted by Crippen LogP contribution is -2.46. The molecule has 3 heteroatoms. The van der Waals surface area contributed by atoms with E-state index < -0.39 is 0 Å². The first kappa shape index (κ1) is 17.0. The van der Waals surface area contributed by atoms with Crippen LogP contribution in [-0.2, 0) is 0 Å². The maximum absolute atomic E-state index is 11.4. The van der Waals surface area contributed by atoms with Crippen LogP contribution in [0.1, 0.15) is 56.5 Å². The highest BCUT2D eigenvalue weighted by atomic mass is 16.5. The third-order valence-electron chi connectivity index (χ3n) is 4.63. The van der Waals surface area contributed by atoms with E-state index in [1.807, 2.05) is 25.1 Å². The molecule has 2 rings (SSSR count). The lowest BCUT2D eigenvalue weighted by atomic mass is 9.93. The zero-order chi connectivity index (χ0) is 16.3. The summed E-state index contributed by atoms with van der Waals surface area (Å²) in [6.07, 6.45) is 2.39. The van der Waals surface area contributed by atoms with Gasteiger partial charge in [0.25, 0.3) is 0 Å². The predicted molar refractivity (Wildman–Crippen MR) is 90.7 cm³/mol. The number of piperidine rings is 1. The fourth-order valence-corrected chi connectivity index (χ4v) is 3.11. The van der Waals surface area contributed by atoms with Crippen LogP contribution in [0.15, 0.2) is 18.2 Å². The predicted octanol–water partition coefficient (Wildman–Crippen LogP) is 4.09. The number of Topliss-reactive ketones (excluding diaryl/α,β-unsaturated/α-hetero) is 1. The Morgan fingerprint density at radius 2 is 1.91 bits per heavy atom. The van der Waals surface area contributed by atoms with E-state index in [0.717, 1.165) is 36.6 Å². The van der Waals surface area contributed by atoms with E-state index >= 15 is 0 Å². The molecule has 0 saturated carbocycles. The fourth-order valence-electron chi connectivity index (χ4n) is 3.11. The molecule has 0 N–H and O–H groups in total. The zero-order valence-electron chi connectivity index (χ0n) is 14.6. The Morgan fingerprint density at radius 3 is 2.41 bits per heavy atom. The van der Waals surface area contributed by atoms with E-state index in [-0.39, 0.29) is 11.3 Å². The van der Waals surface area contributed by atoms with Gasteiger partial charge in [0.05, 0.1) is 6.61 Å². The fraction of sp³-hybridized carbons (Fsp3) is 0.632. The van der Waals surface area contributed by atoms with E-state index in [1.165, 1.54) is 12.8 Å². The number of carbonyl (C=O) groups excluding carboxylic acids is 1. The van der Waals surface area contributed by atoms with E-state index in [9.17, 15) is 4.79 Å². The molecule has 0 amide bonds. The summed E-state index contributed by atoms with van der Waals surface area (Å²) in [5.41, 5.74) is 2.05. The SMILES string of the molecule is CC(=O)c1ccc(OCC2CCN(C(C)(C)C)CC2)cc1C. The maximum Gasteiger partial charge on any atom is 0.160 e. The summed E-state index contributed by atoms with van der Waals surface area (Å²) in [6.45, 7) is 13.5. The Labute approximate surface area is 134 Å². The standard InChI is InChI=1S/C19H29NO2/c1-14-12-17(6-7-18(14)15(2)21)22-13-16-8-10-20(11-9-16)19(3,4)5/h6-7,12,16H,8-11,13H2,1-5H3. The Morgan fingerprint density at radius 1 is 1.27 bits per heavy atom. The second-order valence-electron chi connectivity index (χ2n) is 7.45. The Kier molecular flexibility index (Phi) is 5.28. The van der Waals surface area contributed by atoms with Gasteiger partial charge >= 0.3 is 0 Å². The van der Waals surface area contributed by atoms with Gasteiger partial charge in [-0.05, 0) is 90.2 Å². The minimum atomic E-state index is 0.110. The molecule has 0 radical (unpaired) electrons. The van der Waals surface area contributed by atoms with Gasteiger partial charge < -0.3 is 4.74 Å². The number of carbonyl (C=O) groups is 1. The van der Waals surface area contributed by atoms with Crippen LogP contribution in [0.5, 0.6) is 5.75 Å². The number of aryl methyl sites for hydroxylation is 1. The molecule has 1 saturated heterocycles. The second-order valence-corrected chi connectivity index (χ2v) is 7.45. The molecule has 122 valence electrons. The smallest absolute Gasteiger partial charge is 0.160 e. The normalized spacial score (nSPS) is 17.5. The highest BCUT2D eigenvalue weighted by molar-refractivity contribution is 5.95. The number of ether oxygens (including phenoxy) is 1. The highest BCUT2D eigenvalue weighted by Crippen LogP contribution is 2.25. The Balaban J connectivity index is 1.85. The molecule has 1 heterocycles. The molecule has 0 aliphatic carbocycles. The van der Waals surface area contributed by atoms with E-state index in [0.29, 0.717) is 5.92 Å². The monoisotopic (exact) mass is 303 g/mol. The molecule has 1 aromatic carbocycles. The number of hydrogen-bond donors (Lipinski definition) is 0. The topological polar surface area (TPSA) is 29.5 Å².